The molecule has 0 aliphatic rings. The normalized spacial score (nSPS) is 11.6. The number of hydrogen-bond acceptors (Lipinski definition) is 3. The molecule has 0 aliphatic carbocycles. The van der Waals surface area contributed by atoms with Gasteiger partial charge in [-0.2, -0.15) is 5.10 Å². The smallest absolute Gasteiger partial charge is 0.274 e. The number of ether oxygens (including phenoxy) is 1. The van der Waals surface area contributed by atoms with Crippen LogP contribution in [0.2, 0.25) is 0 Å². The second-order valence-electron chi connectivity index (χ2n) is 11.9. The Labute approximate surface area is 266 Å². The molecule has 0 aliphatic heterocycles. The Morgan fingerprint density at radius 3 is 1.69 bits per heavy atom. The van der Waals surface area contributed by atoms with Gasteiger partial charge in [-0.15, -0.1) is 0 Å². The average Bonchev–Trinajstić information content (AvgIpc) is 3.09. The highest BCUT2D eigenvalue weighted by molar-refractivity contribution is 7.95. The molecule has 6 aromatic rings. The maximum absolute atomic E-state index is 13.1. The van der Waals surface area contributed by atoms with Crippen molar-refractivity contribution in [1.29, 1.82) is 0 Å². The number of fused-ring (bicyclic) bond motifs is 1. The van der Waals surface area contributed by atoms with Crippen LogP contribution in [0.3, 0.4) is 0 Å². The Morgan fingerprint density at radius 1 is 0.644 bits per heavy atom. The molecule has 5 aromatic carbocycles. The largest absolute Gasteiger partial charge is 0.494 e. The molecule has 0 radical (unpaired) electrons. The van der Waals surface area contributed by atoms with E-state index in [2.05, 4.69) is 105 Å². The van der Waals surface area contributed by atoms with Crippen LogP contribution < -0.4 is 26.2 Å². The van der Waals surface area contributed by atoms with Gasteiger partial charge in [0.25, 0.3) is 5.56 Å². The molecule has 4 nitrogen and oxygen atoms in total. The Hall–Kier alpha value is -4.53. The lowest BCUT2D eigenvalue weighted by molar-refractivity contribution is 0.310. The minimum Gasteiger partial charge on any atom is -0.494 e. The van der Waals surface area contributed by atoms with Crippen LogP contribution in [-0.4, -0.2) is 22.5 Å². The van der Waals surface area contributed by atoms with Gasteiger partial charge in [-0.3, -0.25) is 4.79 Å². The lowest BCUT2D eigenvalue weighted by Crippen LogP contribution is -2.33. The molecule has 1 heterocycles. The molecule has 0 unspecified atom stereocenters. The summed E-state index contributed by atoms with van der Waals surface area (Å²) in [6.07, 6.45) is 3.10. The molecular weight excluding hydrogens is 571 g/mol. The average molecular weight is 612 g/mol. The minimum absolute atomic E-state index is 0.0405. The molecule has 0 saturated carbocycles. The number of unbranched alkanes of at least 4 members (excludes halogenated alkanes) is 1. The third kappa shape index (κ3) is 6.62. The van der Waals surface area contributed by atoms with E-state index in [4.69, 9.17) is 9.84 Å². The van der Waals surface area contributed by atoms with E-state index in [9.17, 15) is 4.79 Å². The number of hydrogen-bond donors (Lipinski definition) is 0. The van der Waals surface area contributed by atoms with Crippen LogP contribution in [-0.2, 0) is 6.54 Å². The molecule has 0 fully saturated rings. The fourth-order valence-electron chi connectivity index (χ4n) is 6.15. The minimum atomic E-state index is -1.83. The van der Waals surface area contributed by atoms with Gasteiger partial charge < -0.3 is 4.74 Å². The third-order valence-electron chi connectivity index (χ3n) is 8.28. The van der Waals surface area contributed by atoms with Crippen molar-refractivity contribution in [3.63, 3.8) is 0 Å². The van der Waals surface area contributed by atoms with E-state index in [-0.39, 0.29) is 5.56 Å². The first kappa shape index (κ1) is 30.5. The quantitative estimate of drug-likeness (QED) is 0.105. The summed E-state index contributed by atoms with van der Waals surface area (Å²) in [5.41, 5.74) is 1.75. The zero-order chi connectivity index (χ0) is 31.1. The second kappa shape index (κ2) is 14.1. The van der Waals surface area contributed by atoms with E-state index in [0.29, 0.717) is 24.5 Å². The van der Waals surface area contributed by atoms with Crippen LogP contribution in [0.25, 0.3) is 22.0 Å². The Morgan fingerprint density at radius 2 is 1.16 bits per heavy atom. The van der Waals surface area contributed by atoms with Crippen LogP contribution >= 0.6 is 7.26 Å². The van der Waals surface area contributed by atoms with E-state index in [1.54, 1.807) is 4.68 Å². The zero-order valence-corrected chi connectivity index (χ0v) is 26.9. The molecule has 0 atom stereocenters. The summed E-state index contributed by atoms with van der Waals surface area (Å²) in [7, 11) is -1.83. The highest BCUT2D eigenvalue weighted by atomic mass is 31.2. The van der Waals surface area contributed by atoms with Crippen LogP contribution in [0.5, 0.6) is 5.75 Å². The molecule has 0 saturated heterocycles. The third-order valence-corrected chi connectivity index (χ3v) is 12.8. The van der Waals surface area contributed by atoms with Crippen molar-refractivity contribution in [2.45, 2.75) is 33.2 Å². The van der Waals surface area contributed by atoms with Crippen molar-refractivity contribution in [3.8, 4) is 17.0 Å². The van der Waals surface area contributed by atoms with Crippen molar-refractivity contribution >= 4 is 33.9 Å². The highest BCUT2D eigenvalue weighted by Crippen LogP contribution is 2.55. The molecular formula is C40H40N2O2P+. The molecule has 5 heteroatoms. The number of nitrogens with zero attached hydrogens (tertiary/aromatic N) is 2. The van der Waals surface area contributed by atoms with Crippen LogP contribution in [0.4, 0.5) is 0 Å². The van der Waals surface area contributed by atoms with E-state index in [1.165, 1.54) is 15.9 Å². The predicted molar refractivity (Wildman–Crippen MR) is 191 cm³/mol. The van der Waals surface area contributed by atoms with E-state index < -0.39 is 7.26 Å². The first-order chi connectivity index (χ1) is 22.1. The molecule has 0 bridgehead atoms. The van der Waals surface area contributed by atoms with Gasteiger partial charge in [0.1, 0.15) is 28.9 Å². The van der Waals surface area contributed by atoms with Crippen molar-refractivity contribution in [3.05, 3.63) is 150 Å². The maximum Gasteiger partial charge on any atom is 0.274 e. The van der Waals surface area contributed by atoms with Crippen LogP contribution in [0.15, 0.2) is 144 Å². The lowest BCUT2D eigenvalue weighted by Gasteiger charge is -2.27. The van der Waals surface area contributed by atoms with Gasteiger partial charge >= 0.3 is 0 Å². The predicted octanol–water partition coefficient (Wildman–Crippen LogP) is 7.87. The number of aromatic nitrogens is 2. The number of rotatable bonds is 12. The second-order valence-corrected chi connectivity index (χ2v) is 15.5. The standard InChI is InChI=1S/C40H40N2O2P/c1-31(2)30-42-40(43)38-23-13-12-22-37(38)39(41-42)32-24-26-33(27-25-32)44-28-14-15-29-45(34-16-6-3-7-17-34,35-18-8-4-9-19-35)36-20-10-5-11-21-36/h3-13,16-27,31H,14-15,28-30H2,1-2H3/q+1. The van der Waals surface area contributed by atoms with Gasteiger partial charge in [-0.25, -0.2) is 4.68 Å². The fraction of sp³-hybridized carbons (Fsp3) is 0.200. The van der Waals surface area contributed by atoms with E-state index in [0.717, 1.165) is 41.4 Å². The first-order valence-electron chi connectivity index (χ1n) is 15.8. The van der Waals surface area contributed by atoms with Gasteiger partial charge in [0.2, 0.25) is 0 Å². The summed E-state index contributed by atoms with van der Waals surface area (Å²) >= 11 is 0. The van der Waals surface area contributed by atoms with E-state index >= 15 is 0 Å². The summed E-state index contributed by atoms with van der Waals surface area (Å²) in [5.74, 6) is 1.16. The Bertz CT molecular complexity index is 1790. The van der Waals surface area contributed by atoms with Crippen molar-refractivity contribution in [1.82, 2.24) is 9.78 Å². The SMILES string of the molecule is CC(C)Cn1nc(-c2ccc(OCCCC[P+](c3ccccc3)(c3ccccc3)c3ccccc3)cc2)c2ccccc2c1=O. The molecule has 0 spiro atoms. The molecule has 0 amide bonds. The summed E-state index contributed by atoms with van der Waals surface area (Å²) < 4.78 is 7.86. The molecule has 226 valence electrons. The molecule has 45 heavy (non-hydrogen) atoms. The zero-order valence-electron chi connectivity index (χ0n) is 26.1. The molecule has 0 N–H and O–H groups in total. The topological polar surface area (TPSA) is 44.1 Å². The monoisotopic (exact) mass is 611 g/mol. The number of benzene rings is 5. The Kier molecular flexibility index (Phi) is 9.52. The van der Waals surface area contributed by atoms with Gasteiger partial charge in [0, 0.05) is 17.5 Å². The summed E-state index contributed by atoms with van der Waals surface area (Å²) in [4.78, 5) is 13.1. The summed E-state index contributed by atoms with van der Waals surface area (Å²) in [6.45, 7) is 5.43. The first-order valence-corrected chi connectivity index (χ1v) is 17.8. The lowest BCUT2D eigenvalue weighted by atomic mass is 10.0. The van der Waals surface area contributed by atoms with Crippen molar-refractivity contribution in [2.75, 3.05) is 12.8 Å². The van der Waals surface area contributed by atoms with Crippen LogP contribution in [0.1, 0.15) is 26.7 Å². The highest BCUT2D eigenvalue weighted by Gasteiger charge is 2.44. The Balaban J connectivity index is 1.18. The van der Waals surface area contributed by atoms with Gasteiger partial charge in [0.15, 0.2) is 0 Å². The fourth-order valence-corrected chi connectivity index (χ4v) is 10.6. The van der Waals surface area contributed by atoms with E-state index in [1.807, 2.05) is 48.5 Å². The summed E-state index contributed by atoms with van der Waals surface area (Å²) in [6, 6.07) is 49.0. The van der Waals surface area contributed by atoms with Gasteiger partial charge in [0.05, 0.1) is 23.8 Å². The van der Waals surface area contributed by atoms with Crippen molar-refractivity contribution < 1.29 is 4.74 Å². The molecule has 6 rings (SSSR count). The van der Waals surface area contributed by atoms with Crippen molar-refractivity contribution in [2.24, 2.45) is 5.92 Å². The van der Waals surface area contributed by atoms with Crippen LogP contribution in [0, 0.1) is 5.92 Å². The maximum atomic E-state index is 13.1. The van der Waals surface area contributed by atoms with Gasteiger partial charge in [-0.05, 0) is 85.5 Å². The van der Waals surface area contributed by atoms with Gasteiger partial charge in [-0.1, -0.05) is 86.6 Å². The summed E-state index contributed by atoms with van der Waals surface area (Å²) in [5, 5.41) is 10.6. The molecule has 1 aromatic heterocycles.